The maximum absolute atomic E-state index is 13.5. The van der Waals surface area contributed by atoms with Gasteiger partial charge in [0.05, 0.1) is 26.3 Å². The summed E-state index contributed by atoms with van der Waals surface area (Å²) in [5.74, 6) is -0.561. The van der Waals surface area contributed by atoms with E-state index in [0.29, 0.717) is 48.7 Å². The van der Waals surface area contributed by atoms with Gasteiger partial charge in [-0.1, -0.05) is 36.9 Å². The summed E-state index contributed by atoms with van der Waals surface area (Å²) in [6.07, 6.45) is 7.03. The van der Waals surface area contributed by atoms with E-state index in [1.54, 1.807) is 55.6 Å². The Morgan fingerprint density at radius 3 is 2.43 bits per heavy atom. The van der Waals surface area contributed by atoms with Crippen LogP contribution >= 0.6 is 0 Å². The second-order valence-electron chi connectivity index (χ2n) is 8.32. The third-order valence-corrected chi connectivity index (χ3v) is 5.97. The van der Waals surface area contributed by atoms with Crippen LogP contribution in [0.4, 0.5) is 0 Å². The Morgan fingerprint density at radius 2 is 1.80 bits per heavy atom. The van der Waals surface area contributed by atoms with E-state index >= 15 is 0 Å². The highest BCUT2D eigenvalue weighted by molar-refractivity contribution is 6.46. The number of amides is 1. The van der Waals surface area contributed by atoms with Gasteiger partial charge in [0.1, 0.15) is 23.9 Å². The summed E-state index contributed by atoms with van der Waals surface area (Å²) in [4.78, 5) is 30.7. The molecule has 0 radical (unpaired) electrons. The van der Waals surface area contributed by atoms with Gasteiger partial charge in [0.15, 0.2) is 0 Å². The van der Waals surface area contributed by atoms with Crippen LogP contribution in [0.5, 0.6) is 11.5 Å². The third kappa shape index (κ3) is 5.21. The molecule has 1 atom stereocenters. The number of Topliss-reactive ketones (excluding diaryl/α,β-unsaturated/α-hetero) is 1. The van der Waals surface area contributed by atoms with Crippen molar-refractivity contribution in [2.24, 2.45) is 0 Å². The maximum Gasteiger partial charge on any atom is 0.295 e. The highest BCUT2D eigenvalue weighted by Crippen LogP contribution is 2.39. The number of ether oxygens (including phenoxy) is 2. The number of hydrogen-bond acceptors (Lipinski definition) is 5. The molecule has 8 nitrogen and oxygen atoms in total. The van der Waals surface area contributed by atoms with E-state index in [2.05, 4.69) is 4.98 Å². The number of aromatic amines is 1. The fourth-order valence-corrected chi connectivity index (χ4v) is 4.19. The molecular weight excluding hydrogens is 446 g/mol. The molecule has 0 saturated carbocycles. The molecule has 1 saturated heterocycles. The molecule has 182 valence electrons. The lowest BCUT2D eigenvalue weighted by Crippen LogP contribution is -2.36. The van der Waals surface area contributed by atoms with Crippen LogP contribution in [0, 0.1) is 0 Å². The van der Waals surface area contributed by atoms with Crippen molar-refractivity contribution in [2.75, 3.05) is 20.3 Å². The minimum Gasteiger partial charge on any atom is -0.872 e. The summed E-state index contributed by atoms with van der Waals surface area (Å²) in [7, 11) is 1.57. The zero-order valence-electron chi connectivity index (χ0n) is 19.9. The maximum atomic E-state index is 13.5. The molecule has 35 heavy (non-hydrogen) atoms. The molecule has 1 aromatic heterocycles. The quantitative estimate of drug-likeness (QED) is 0.210. The minimum atomic E-state index is -0.763. The van der Waals surface area contributed by atoms with Crippen LogP contribution in [-0.2, 0) is 16.1 Å². The topological polar surface area (TPSA) is 98.6 Å². The lowest BCUT2D eigenvalue weighted by molar-refractivity contribution is -0.695. The number of nitrogens with zero attached hydrogens (tertiary/aromatic N) is 2. The van der Waals surface area contributed by atoms with E-state index in [-0.39, 0.29) is 5.57 Å². The van der Waals surface area contributed by atoms with Crippen molar-refractivity contribution in [1.82, 2.24) is 9.88 Å². The van der Waals surface area contributed by atoms with Gasteiger partial charge in [0.2, 0.25) is 12.1 Å². The predicted molar refractivity (Wildman–Crippen MR) is 127 cm³/mol. The molecule has 2 aromatic carbocycles. The van der Waals surface area contributed by atoms with Gasteiger partial charge in [-0.25, -0.2) is 4.57 Å². The zero-order chi connectivity index (χ0) is 24.8. The molecule has 4 rings (SSSR count). The Hall–Kier alpha value is -4.07. The Labute approximate surface area is 204 Å². The predicted octanol–water partition coefficient (Wildman–Crippen LogP) is 2.41. The summed E-state index contributed by atoms with van der Waals surface area (Å²) in [5, 5.41) is 13.5. The van der Waals surface area contributed by atoms with Crippen LogP contribution in [0.15, 0.2) is 72.8 Å². The molecule has 2 heterocycles. The standard InChI is InChI=1S/C27H29N3O5/c1-3-17-35-22-11-7-20(8-12-22)25(31)23-24(19-5-9-21(34-2)10-6-19)30(27(33)26(23)32)15-4-14-29-16-13-28-18-29/h5-13,16,18,24H,3-4,14-15,17H2,1-2H3,(H,31,32). The number of methoxy groups -OCH3 is 1. The zero-order valence-corrected chi connectivity index (χ0v) is 19.9. The number of rotatable bonds is 10. The monoisotopic (exact) mass is 475 g/mol. The first-order chi connectivity index (χ1) is 17.0. The van der Waals surface area contributed by atoms with Crippen LogP contribution < -0.4 is 19.1 Å². The van der Waals surface area contributed by atoms with Gasteiger partial charge in [-0.05, 0) is 41.8 Å². The van der Waals surface area contributed by atoms with Crippen molar-refractivity contribution in [3.63, 3.8) is 0 Å². The van der Waals surface area contributed by atoms with Crippen molar-refractivity contribution in [3.8, 4) is 11.5 Å². The van der Waals surface area contributed by atoms with Crippen LogP contribution in [0.2, 0.25) is 0 Å². The lowest BCUT2D eigenvalue weighted by atomic mass is 9.95. The van der Waals surface area contributed by atoms with Crippen molar-refractivity contribution >= 4 is 17.4 Å². The highest BCUT2D eigenvalue weighted by atomic mass is 16.5. The first-order valence-electron chi connectivity index (χ1n) is 11.7. The number of ketones is 1. The average Bonchev–Trinajstić information content (AvgIpc) is 3.50. The number of benzene rings is 2. The molecule has 1 N–H and O–H groups in total. The van der Waals surface area contributed by atoms with Gasteiger partial charge in [-0.3, -0.25) is 14.6 Å². The van der Waals surface area contributed by atoms with Crippen molar-refractivity contribution in [3.05, 3.63) is 84.0 Å². The summed E-state index contributed by atoms with van der Waals surface area (Å²) in [5.41, 5.74) is 0.996. The summed E-state index contributed by atoms with van der Waals surface area (Å²) < 4.78 is 12.8. The summed E-state index contributed by atoms with van der Waals surface area (Å²) in [6.45, 7) is 3.59. The number of carbonyl (C=O) groups excluding carboxylic acids is 2. The average molecular weight is 476 g/mol. The second kappa shape index (κ2) is 10.9. The lowest BCUT2D eigenvalue weighted by Gasteiger charge is -2.27. The van der Waals surface area contributed by atoms with E-state index in [1.165, 1.54) is 4.90 Å². The van der Waals surface area contributed by atoms with Crippen molar-refractivity contribution in [2.45, 2.75) is 32.4 Å². The van der Waals surface area contributed by atoms with Crippen molar-refractivity contribution in [1.29, 1.82) is 0 Å². The molecule has 0 spiro atoms. The number of carbonyl (C=O) groups is 2. The normalized spacial score (nSPS) is 17.1. The minimum absolute atomic E-state index is 0.0308. The SMILES string of the molecule is CCCOc1ccc(C([O-])=C2C(=O)C(=O)N(CCC[n+]3cc[nH]c3)C2c2ccc(OC)cc2)cc1. The van der Waals surface area contributed by atoms with Gasteiger partial charge in [0, 0.05) is 18.5 Å². The Kier molecular flexibility index (Phi) is 7.50. The fraction of sp³-hybridized carbons (Fsp3) is 0.296. The van der Waals surface area contributed by atoms with E-state index in [0.717, 1.165) is 6.42 Å². The molecular formula is C27H29N3O5. The van der Waals surface area contributed by atoms with Crippen LogP contribution in [0.25, 0.3) is 5.76 Å². The van der Waals surface area contributed by atoms with E-state index in [1.807, 2.05) is 30.2 Å². The number of hydrogen-bond donors (Lipinski definition) is 1. The van der Waals surface area contributed by atoms with Gasteiger partial charge in [-0.15, -0.1) is 0 Å². The molecule has 3 aromatic rings. The smallest absolute Gasteiger partial charge is 0.295 e. The number of H-pyrrole nitrogens is 1. The van der Waals surface area contributed by atoms with Crippen molar-refractivity contribution < 1.29 is 28.7 Å². The number of aryl methyl sites for hydroxylation is 1. The summed E-state index contributed by atoms with van der Waals surface area (Å²) >= 11 is 0. The van der Waals surface area contributed by atoms with E-state index < -0.39 is 23.5 Å². The fourth-order valence-electron chi connectivity index (χ4n) is 4.19. The Balaban J connectivity index is 1.68. The number of aromatic nitrogens is 2. The Morgan fingerprint density at radius 1 is 1.09 bits per heavy atom. The van der Waals surface area contributed by atoms with Crippen LogP contribution in [0.3, 0.4) is 0 Å². The summed E-state index contributed by atoms with van der Waals surface area (Å²) in [6, 6.07) is 13.0. The highest BCUT2D eigenvalue weighted by Gasteiger charge is 2.43. The second-order valence-corrected chi connectivity index (χ2v) is 8.32. The molecule has 1 aliphatic heterocycles. The largest absolute Gasteiger partial charge is 0.872 e. The molecule has 1 fully saturated rings. The van der Waals surface area contributed by atoms with Gasteiger partial charge in [0.25, 0.3) is 5.91 Å². The van der Waals surface area contributed by atoms with Gasteiger partial charge >= 0.3 is 0 Å². The Bertz CT molecular complexity index is 1180. The van der Waals surface area contributed by atoms with E-state index in [4.69, 9.17) is 9.47 Å². The molecule has 8 heteroatoms. The number of imidazole rings is 1. The number of likely N-dealkylation sites (tertiary alicyclic amines) is 1. The van der Waals surface area contributed by atoms with Gasteiger partial charge < -0.3 is 19.5 Å². The molecule has 1 unspecified atom stereocenters. The number of nitrogens with one attached hydrogen (secondary N) is 1. The molecule has 1 amide bonds. The first-order valence-corrected chi connectivity index (χ1v) is 11.7. The molecule has 0 bridgehead atoms. The first kappa shape index (κ1) is 24.1. The van der Waals surface area contributed by atoms with Crippen LogP contribution in [0.1, 0.15) is 36.9 Å². The van der Waals surface area contributed by atoms with Gasteiger partial charge in [-0.2, -0.15) is 0 Å². The third-order valence-electron chi connectivity index (χ3n) is 5.97. The molecule has 1 aliphatic rings. The van der Waals surface area contributed by atoms with Crippen LogP contribution in [-0.4, -0.2) is 41.8 Å². The van der Waals surface area contributed by atoms with E-state index in [9.17, 15) is 14.7 Å². The molecule has 0 aliphatic carbocycles.